The molecule has 1 aromatic heterocycles. The minimum atomic E-state index is 0.581. The molecule has 5 aromatic rings. The Bertz CT molecular complexity index is 2510. The highest BCUT2D eigenvalue weighted by Gasteiger charge is 2.23. The second-order valence-corrected chi connectivity index (χ2v) is 13.1. The SMILES string of the molecule is C=C(C)/C=C\C(C#N)=C/CC1=C(Nc2ccc(-c3cc(-c4cccc(C#N)c4-n4c5c(c6ccccc64)CCC=C5)ccc3C#N)cc2)CCC=C1. The van der Waals surface area contributed by atoms with Crippen molar-refractivity contribution in [2.75, 3.05) is 5.32 Å². The van der Waals surface area contributed by atoms with Crippen LogP contribution in [0.4, 0.5) is 5.69 Å². The molecular formula is C47H37N5. The van der Waals surface area contributed by atoms with Crippen molar-refractivity contribution < 1.29 is 0 Å². The van der Waals surface area contributed by atoms with Crippen LogP contribution in [0.25, 0.3) is 44.9 Å². The average Bonchev–Trinajstić information content (AvgIpc) is 3.52. The highest BCUT2D eigenvalue weighted by Crippen LogP contribution is 2.40. The number of anilines is 1. The van der Waals surface area contributed by atoms with Crippen molar-refractivity contribution in [3.8, 4) is 46.1 Å². The first-order chi connectivity index (χ1) is 25.5. The molecule has 7 rings (SSSR count). The van der Waals surface area contributed by atoms with E-state index in [1.807, 2.05) is 67.6 Å². The zero-order chi connectivity index (χ0) is 36.0. The molecule has 0 saturated carbocycles. The van der Waals surface area contributed by atoms with Gasteiger partial charge in [0.25, 0.3) is 0 Å². The van der Waals surface area contributed by atoms with E-state index in [1.54, 1.807) is 6.08 Å². The Labute approximate surface area is 305 Å². The molecule has 0 unspecified atom stereocenters. The molecule has 4 aromatic carbocycles. The van der Waals surface area contributed by atoms with Gasteiger partial charge in [0.2, 0.25) is 0 Å². The van der Waals surface area contributed by atoms with Gasteiger partial charge < -0.3 is 9.88 Å². The quantitative estimate of drug-likeness (QED) is 0.125. The van der Waals surface area contributed by atoms with Crippen molar-refractivity contribution in [3.05, 3.63) is 173 Å². The van der Waals surface area contributed by atoms with Crippen molar-refractivity contribution in [2.24, 2.45) is 0 Å². The highest BCUT2D eigenvalue weighted by molar-refractivity contribution is 5.93. The Morgan fingerprint density at radius 3 is 2.37 bits per heavy atom. The summed E-state index contributed by atoms with van der Waals surface area (Å²) >= 11 is 0. The van der Waals surface area contributed by atoms with E-state index in [2.05, 4.69) is 95.4 Å². The molecule has 0 bridgehead atoms. The highest BCUT2D eigenvalue weighted by atomic mass is 15.0. The van der Waals surface area contributed by atoms with E-state index in [0.717, 1.165) is 87.4 Å². The van der Waals surface area contributed by atoms with Gasteiger partial charge in [-0.15, -0.1) is 0 Å². The van der Waals surface area contributed by atoms with Gasteiger partial charge in [-0.2, -0.15) is 15.8 Å². The van der Waals surface area contributed by atoms with Crippen molar-refractivity contribution in [2.45, 2.75) is 39.0 Å². The molecule has 5 nitrogen and oxygen atoms in total. The van der Waals surface area contributed by atoms with E-state index >= 15 is 0 Å². The number of hydrogen-bond acceptors (Lipinski definition) is 4. The van der Waals surface area contributed by atoms with E-state index in [-0.39, 0.29) is 0 Å². The summed E-state index contributed by atoms with van der Waals surface area (Å²) in [7, 11) is 0. The van der Waals surface area contributed by atoms with Crippen LogP contribution in [-0.2, 0) is 6.42 Å². The van der Waals surface area contributed by atoms with Crippen LogP contribution in [0.15, 0.2) is 150 Å². The first kappa shape index (κ1) is 33.6. The second kappa shape index (κ2) is 14.9. The zero-order valence-electron chi connectivity index (χ0n) is 29.2. The molecule has 250 valence electrons. The van der Waals surface area contributed by atoms with Gasteiger partial charge in [-0.1, -0.05) is 91.1 Å². The summed E-state index contributed by atoms with van der Waals surface area (Å²) in [5, 5.41) is 35.0. The maximum Gasteiger partial charge on any atom is 0.101 e. The van der Waals surface area contributed by atoms with E-state index in [4.69, 9.17) is 0 Å². The molecule has 1 heterocycles. The number of nitrogens with zero attached hydrogens (tertiary/aromatic N) is 4. The maximum absolute atomic E-state index is 10.4. The van der Waals surface area contributed by atoms with Crippen molar-refractivity contribution in [3.63, 3.8) is 0 Å². The van der Waals surface area contributed by atoms with E-state index in [1.165, 1.54) is 10.9 Å². The molecule has 2 aliphatic rings. The fourth-order valence-corrected chi connectivity index (χ4v) is 7.14. The van der Waals surface area contributed by atoms with Crippen molar-refractivity contribution in [1.29, 1.82) is 15.8 Å². The standard InChI is InChI=1S/C47H37N5/c1-32(2)18-19-33(29-48)20-21-35-10-3-6-15-44(35)51-39-26-24-34(25-27-39)43-28-36(22-23-37(43)30-49)40-14-9-11-38(31-50)47(40)52-45-16-7-4-12-41(45)42-13-5-8-17-46(42)52/h3-4,7-12,14,16-20,22-28,51H,1,5-6,13,15,21H2,2H3/b19-18-,33-20+. The fourth-order valence-electron chi connectivity index (χ4n) is 7.14. The van der Waals surface area contributed by atoms with Crippen LogP contribution in [0.3, 0.4) is 0 Å². The third-order valence-electron chi connectivity index (χ3n) is 9.67. The Kier molecular flexibility index (Phi) is 9.66. The molecule has 1 N–H and O–H groups in total. The Morgan fingerprint density at radius 1 is 0.808 bits per heavy atom. The number of fused-ring (bicyclic) bond motifs is 3. The zero-order valence-corrected chi connectivity index (χ0v) is 29.2. The molecule has 0 atom stereocenters. The van der Waals surface area contributed by atoms with Gasteiger partial charge in [0.1, 0.15) is 6.07 Å². The number of aromatic nitrogens is 1. The van der Waals surface area contributed by atoms with Crippen LogP contribution in [0.2, 0.25) is 0 Å². The van der Waals surface area contributed by atoms with Crippen LogP contribution >= 0.6 is 0 Å². The normalized spacial score (nSPS) is 13.8. The lowest BCUT2D eigenvalue weighted by Gasteiger charge is -2.19. The molecule has 2 aliphatic carbocycles. The summed E-state index contributed by atoms with van der Waals surface area (Å²) in [4.78, 5) is 0. The van der Waals surface area contributed by atoms with Gasteiger partial charge in [-0.25, -0.2) is 0 Å². The van der Waals surface area contributed by atoms with Crippen LogP contribution < -0.4 is 5.32 Å². The lowest BCUT2D eigenvalue weighted by Crippen LogP contribution is -2.05. The number of nitriles is 3. The third kappa shape index (κ3) is 6.67. The Hall–Kier alpha value is -6.87. The average molecular weight is 672 g/mol. The molecule has 5 heteroatoms. The number of hydrogen-bond donors (Lipinski definition) is 1. The van der Waals surface area contributed by atoms with Gasteiger partial charge in [-0.05, 0) is 110 Å². The number of allylic oxidation sites excluding steroid dienone is 10. The van der Waals surface area contributed by atoms with E-state index < -0.39 is 0 Å². The number of nitrogens with one attached hydrogen (secondary N) is 1. The summed E-state index contributed by atoms with van der Waals surface area (Å²) < 4.78 is 2.24. The van der Waals surface area contributed by atoms with Crippen LogP contribution in [0, 0.1) is 34.0 Å². The van der Waals surface area contributed by atoms with Gasteiger partial charge in [0, 0.05) is 39.2 Å². The number of aryl methyl sites for hydroxylation is 1. The minimum absolute atomic E-state index is 0.581. The first-order valence-electron chi connectivity index (χ1n) is 17.6. The molecule has 0 spiro atoms. The Balaban J connectivity index is 1.24. The van der Waals surface area contributed by atoms with E-state index in [0.29, 0.717) is 23.1 Å². The second-order valence-electron chi connectivity index (χ2n) is 13.1. The number of rotatable bonds is 9. The monoisotopic (exact) mass is 671 g/mol. The first-order valence-corrected chi connectivity index (χ1v) is 17.6. The number of benzene rings is 4. The van der Waals surface area contributed by atoms with E-state index in [9.17, 15) is 15.8 Å². The molecule has 0 saturated heterocycles. The van der Waals surface area contributed by atoms with Gasteiger partial charge in [-0.3, -0.25) is 0 Å². The maximum atomic E-state index is 10.4. The molecule has 0 radical (unpaired) electrons. The predicted octanol–water partition coefficient (Wildman–Crippen LogP) is 11.7. The summed E-state index contributed by atoms with van der Waals surface area (Å²) in [6, 6.07) is 35.6. The summed E-state index contributed by atoms with van der Waals surface area (Å²) in [5.41, 5.74) is 13.9. The van der Waals surface area contributed by atoms with Crippen LogP contribution in [0.1, 0.15) is 55.0 Å². The molecular weight excluding hydrogens is 635 g/mol. The van der Waals surface area contributed by atoms with Crippen molar-refractivity contribution in [1.82, 2.24) is 4.57 Å². The molecule has 0 amide bonds. The summed E-state index contributed by atoms with van der Waals surface area (Å²) in [6.45, 7) is 5.79. The minimum Gasteiger partial charge on any atom is -0.359 e. The topological polar surface area (TPSA) is 88.3 Å². The van der Waals surface area contributed by atoms with Gasteiger partial charge in [0.05, 0.1) is 34.5 Å². The summed E-state index contributed by atoms with van der Waals surface area (Å²) in [6.07, 6.45) is 18.7. The largest absolute Gasteiger partial charge is 0.359 e. The van der Waals surface area contributed by atoms with Gasteiger partial charge >= 0.3 is 0 Å². The number of para-hydroxylation sites is 2. The smallest absolute Gasteiger partial charge is 0.101 e. The van der Waals surface area contributed by atoms with Crippen LogP contribution in [-0.4, -0.2) is 4.57 Å². The molecule has 0 fully saturated rings. The fraction of sp³-hybridized carbons (Fsp3) is 0.128. The molecule has 0 aliphatic heterocycles. The molecule has 52 heavy (non-hydrogen) atoms. The third-order valence-corrected chi connectivity index (χ3v) is 9.67. The summed E-state index contributed by atoms with van der Waals surface area (Å²) in [5.74, 6) is 0. The lowest BCUT2D eigenvalue weighted by atomic mass is 9.93. The van der Waals surface area contributed by atoms with Crippen molar-refractivity contribution >= 4 is 22.7 Å². The Morgan fingerprint density at radius 2 is 1.58 bits per heavy atom. The van der Waals surface area contributed by atoms with Crippen LogP contribution in [0.5, 0.6) is 0 Å². The van der Waals surface area contributed by atoms with Gasteiger partial charge in [0.15, 0.2) is 0 Å². The lowest BCUT2D eigenvalue weighted by molar-refractivity contribution is 0.931. The predicted molar refractivity (Wildman–Crippen MR) is 212 cm³/mol.